The summed E-state index contributed by atoms with van der Waals surface area (Å²) in [7, 11) is 0. The van der Waals surface area contributed by atoms with Crippen LogP contribution in [-0.4, -0.2) is 25.8 Å². The number of ether oxygens (including phenoxy) is 1. The maximum absolute atomic E-state index is 5.79. The molecule has 0 unspecified atom stereocenters. The molecule has 0 spiro atoms. The van der Waals surface area contributed by atoms with Gasteiger partial charge in [0.2, 0.25) is 0 Å². The summed E-state index contributed by atoms with van der Waals surface area (Å²) in [5.41, 5.74) is 0. The van der Waals surface area contributed by atoms with Crippen LogP contribution in [0.25, 0.3) is 0 Å². The highest BCUT2D eigenvalue weighted by Crippen LogP contribution is 2.08. The van der Waals surface area contributed by atoms with Gasteiger partial charge in [-0.25, -0.2) is 0 Å². The predicted octanol–water partition coefficient (Wildman–Crippen LogP) is 2.34. The van der Waals surface area contributed by atoms with E-state index in [4.69, 9.17) is 4.74 Å². The first kappa shape index (κ1) is 11.0. The Morgan fingerprint density at radius 1 is 1.15 bits per heavy atom. The first-order chi connectivity index (χ1) is 6.43. The summed E-state index contributed by atoms with van der Waals surface area (Å²) in [5.74, 6) is 0. The molecule has 0 saturated carbocycles. The van der Waals surface area contributed by atoms with E-state index >= 15 is 0 Å². The van der Waals surface area contributed by atoms with Crippen LogP contribution in [0.4, 0.5) is 0 Å². The molecular weight excluding hydrogens is 162 g/mol. The lowest BCUT2D eigenvalue weighted by Gasteiger charge is -2.22. The van der Waals surface area contributed by atoms with Crippen molar-refractivity contribution in [1.29, 1.82) is 0 Å². The molecule has 0 aromatic carbocycles. The second kappa shape index (κ2) is 7.34. The Hall–Kier alpha value is -0.0800. The molecule has 1 heterocycles. The molecule has 0 amide bonds. The van der Waals surface area contributed by atoms with E-state index in [1.807, 2.05) is 0 Å². The summed E-state index contributed by atoms with van der Waals surface area (Å²) in [6, 6.07) is 0. The molecule has 0 radical (unpaired) electrons. The molecule has 0 atom stereocenters. The molecular formula is C11H23NO. The number of rotatable bonds is 6. The summed E-state index contributed by atoms with van der Waals surface area (Å²) >= 11 is 0. The zero-order valence-corrected chi connectivity index (χ0v) is 8.85. The van der Waals surface area contributed by atoms with Gasteiger partial charge in [0, 0.05) is 6.61 Å². The summed E-state index contributed by atoms with van der Waals surface area (Å²) in [5, 5.41) is 3.35. The van der Waals surface area contributed by atoms with Gasteiger partial charge in [0.25, 0.3) is 0 Å². The largest absolute Gasteiger partial charge is 0.378 e. The maximum atomic E-state index is 5.79. The molecule has 2 nitrogen and oxygen atoms in total. The zero-order valence-electron chi connectivity index (χ0n) is 8.85. The van der Waals surface area contributed by atoms with Crippen LogP contribution in [0.5, 0.6) is 0 Å². The Balaban J connectivity index is 1.86. The minimum atomic E-state index is 0.544. The zero-order chi connectivity index (χ0) is 9.36. The molecule has 1 fully saturated rings. The van der Waals surface area contributed by atoms with Crippen LogP contribution in [0.15, 0.2) is 0 Å². The van der Waals surface area contributed by atoms with Crippen molar-refractivity contribution < 1.29 is 4.74 Å². The van der Waals surface area contributed by atoms with E-state index in [0.29, 0.717) is 6.10 Å². The average molecular weight is 185 g/mol. The van der Waals surface area contributed by atoms with E-state index in [2.05, 4.69) is 12.2 Å². The molecule has 2 heteroatoms. The lowest BCUT2D eigenvalue weighted by molar-refractivity contribution is 0.0307. The molecule has 0 aromatic heterocycles. The lowest BCUT2D eigenvalue weighted by atomic mass is 10.1. The van der Waals surface area contributed by atoms with Crippen molar-refractivity contribution in [2.24, 2.45) is 0 Å². The summed E-state index contributed by atoms with van der Waals surface area (Å²) in [4.78, 5) is 0. The van der Waals surface area contributed by atoms with Gasteiger partial charge in [0.05, 0.1) is 6.10 Å². The first-order valence-corrected chi connectivity index (χ1v) is 5.76. The van der Waals surface area contributed by atoms with Crippen LogP contribution in [0.1, 0.15) is 45.4 Å². The normalized spacial score (nSPS) is 19.2. The third kappa shape index (κ3) is 5.27. The van der Waals surface area contributed by atoms with Crippen molar-refractivity contribution >= 4 is 0 Å². The minimum Gasteiger partial charge on any atom is -0.378 e. The number of nitrogens with one attached hydrogen (secondary N) is 1. The van der Waals surface area contributed by atoms with E-state index in [0.717, 1.165) is 19.7 Å². The molecule has 0 aliphatic carbocycles. The van der Waals surface area contributed by atoms with Crippen molar-refractivity contribution in [3.8, 4) is 0 Å². The Labute approximate surface area is 82.0 Å². The second-order valence-electron chi connectivity index (χ2n) is 3.88. The standard InChI is InChI=1S/C11H23NO/c1-2-3-4-5-10-13-11-6-8-12-9-7-11/h11-12H,2-10H2,1H3. The van der Waals surface area contributed by atoms with Gasteiger partial charge in [0.15, 0.2) is 0 Å². The number of hydrogen-bond acceptors (Lipinski definition) is 2. The molecule has 1 N–H and O–H groups in total. The fourth-order valence-electron chi connectivity index (χ4n) is 1.74. The van der Waals surface area contributed by atoms with Crippen molar-refractivity contribution in [2.75, 3.05) is 19.7 Å². The Bertz CT molecular complexity index is 111. The topological polar surface area (TPSA) is 21.3 Å². The predicted molar refractivity (Wildman–Crippen MR) is 56.0 cm³/mol. The third-order valence-electron chi connectivity index (χ3n) is 2.64. The van der Waals surface area contributed by atoms with Crippen molar-refractivity contribution in [2.45, 2.75) is 51.6 Å². The van der Waals surface area contributed by atoms with Crippen LogP contribution < -0.4 is 5.32 Å². The van der Waals surface area contributed by atoms with Gasteiger partial charge in [-0.15, -0.1) is 0 Å². The summed E-state index contributed by atoms with van der Waals surface area (Å²) in [6.45, 7) is 5.50. The third-order valence-corrected chi connectivity index (χ3v) is 2.64. The van der Waals surface area contributed by atoms with Gasteiger partial charge in [-0.2, -0.15) is 0 Å². The summed E-state index contributed by atoms with van der Waals surface area (Å²) < 4.78 is 5.79. The van der Waals surface area contributed by atoms with Gasteiger partial charge in [0.1, 0.15) is 0 Å². The average Bonchev–Trinajstić information content (AvgIpc) is 2.19. The quantitative estimate of drug-likeness (QED) is 0.641. The second-order valence-corrected chi connectivity index (χ2v) is 3.88. The van der Waals surface area contributed by atoms with Crippen LogP contribution in [0, 0.1) is 0 Å². The summed E-state index contributed by atoms with van der Waals surface area (Å²) in [6.07, 6.45) is 8.20. The van der Waals surface area contributed by atoms with Gasteiger partial charge in [-0.3, -0.25) is 0 Å². The highest BCUT2D eigenvalue weighted by atomic mass is 16.5. The monoisotopic (exact) mass is 185 g/mol. The van der Waals surface area contributed by atoms with Gasteiger partial charge in [-0.05, 0) is 32.4 Å². The van der Waals surface area contributed by atoms with Crippen LogP contribution in [0.3, 0.4) is 0 Å². The van der Waals surface area contributed by atoms with Gasteiger partial charge >= 0.3 is 0 Å². The van der Waals surface area contributed by atoms with Gasteiger partial charge < -0.3 is 10.1 Å². The number of unbranched alkanes of at least 4 members (excludes halogenated alkanes) is 3. The van der Waals surface area contributed by atoms with Gasteiger partial charge in [-0.1, -0.05) is 26.2 Å². The number of hydrogen-bond donors (Lipinski definition) is 1. The molecule has 13 heavy (non-hydrogen) atoms. The molecule has 78 valence electrons. The highest BCUT2D eigenvalue weighted by Gasteiger charge is 2.12. The van der Waals surface area contributed by atoms with Crippen molar-refractivity contribution in [3.05, 3.63) is 0 Å². The molecule has 1 aliphatic heterocycles. The minimum absolute atomic E-state index is 0.544. The molecule has 0 aromatic rings. The Morgan fingerprint density at radius 2 is 1.92 bits per heavy atom. The fourth-order valence-corrected chi connectivity index (χ4v) is 1.74. The van der Waals surface area contributed by atoms with E-state index in [-0.39, 0.29) is 0 Å². The SMILES string of the molecule is CCCCCCOC1CCNCC1. The van der Waals surface area contributed by atoms with Crippen LogP contribution in [-0.2, 0) is 4.74 Å². The number of piperidine rings is 1. The molecule has 1 aliphatic rings. The molecule has 0 bridgehead atoms. The van der Waals surface area contributed by atoms with E-state index in [1.165, 1.54) is 38.5 Å². The Morgan fingerprint density at radius 3 is 2.62 bits per heavy atom. The van der Waals surface area contributed by atoms with Crippen molar-refractivity contribution in [3.63, 3.8) is 0 Å². The van der Waals surface area contributed by atoms with Crippen molar-refractivity contribution in [1.82, 2.24) is 5.32 Å². The Kier molecular flexibility index (Phi) is 6.21. The fraction of sp³-hybridized carbons (Fsp3) is 1.00. The van der Waals surface area contributed by atoms with Crippen LogP contribution in [0.2, 0.25) is 0 Å². The maximum Gasteiger partial charge on any atom is 0.0599 e. The van der Waals surface area contributed by atoms with E-state index in [1.54, 1.807) is 0 Å². The first-order valence-electron chi connectivity index (χ1n) is 5.76. The molecule has 1 saturated heterocycles. The molecule has 1 rings (SSSR count). The van der Waals surface area contributed by atoms with E-state index < -0.39 is 0 Å². The smallest absolute Gasteiger partial charge is 0.0599 e. The van der Waals surface area contributed by atoms with E-state index in [9.17, 15) is 0 Å². The van der Waals surface area contributed by atoms with Crippen LogP contribution >= 0.6 is 0 Å². The highest BCUT2D eigenvalue weighted by molar-refractivity contribution is 4.67. The lowest BCUT2D eigenvalue weighted by Crippen LogP contribution is -2.32.